The van der Waals surface area contributed by atoms with Gasteiger partial charge in [0.15, 0.2) is 0 Å². The summed E-state index contributed by atoms with van der Waals surface area (Å²) in [5.74, 6) is -0.106. The summed E-state index contributed by atoms with van der Waals surface area (Å²) in [6, 6.07) is -0.537. The van der Waals surface area contributed by atoms with E-state index in [4.69, 9.17) is 0 Å². The lowest BCUT2D eigenvalue weighted by Gasteiger charge is -2.12. The van der Waals surface area contributed by atoms with Gasteiger partial charge in [0, 0.05) is 19.3 Å². The zero-order valence-corrected chi connectivity index (χ0v) is 11.5. The van der Waals surface area contributed by atoms with Crippen LogP contribution in [0.4, 0.5) is 4.79 Å². The van der Waals surface area contributed by atoms with Crippen molar-refractivity contribution in [1.82, 2.24) is 35.7 Å². The molecule has 0 aromatic carbocycles. The van der Waals surface area contributed by atoms with E-state index < -0.39 is 11.9 Å². The number of imide groups is 1. The van der Waals surface area contributed by atoms with Gasteiger partial charge in [0.25, 0.3) is 0 Å². The molecule has 11 heteroatoms. The SMILES string of the molecule is Cn1nnnc1SCCNC(=O)CN1CC(=O)NC1=O. The molecule has 2 N–H and O–H groups in total. The normalized spacial score (nSPS) is 14.6. The molecule has 1 aromatic heterocycles. The van der Waals surface area contributed by atoms with Gasteiger partial charge in [-0.05, 0) is 10.4 Å². The molecule has 0 atom stereocenters. The van der Waals surface area contributed by atoms with Gasteiger partial charge in [-0.25, -0.2) is 9.48 Å². The number of aromatic nitrogens is 4. The van der Waals surface area contributed by atoms with E-state index in [-0.39, 0.29) is 19.0 Å². The molecule has 1 aromatic rings. The number of aryl methyl sites for hydroxylation is 1. The minimum Gasteiger partial charge on any atom is -0.354 e. The molecule has 2 rings (SSSR count). The number of thioether (sulfide) groups is 1. The van der Waals surface area contributed by atoms with Gasteiger partial charge >= 0.3 is 6.03 Å². The molecule has 0 spiro atoms. The van der Waals surface area contributed by atoms with Crippen LogP contribution in [-0.2, 0) is 16.6 Å². The monoisotopic (exact) mass is 299 g/mol. The number of carbonyl (C=O) groups is 3. The smallest absolute Gasteiger partial charge is 0.325 e. The third-order valence-electron chi connectivity index (χ3n) is 2.44. The van der Waals surface area contributed by atoms with Gasteiger partial charge in [-0.2, -0.15) is 0 Å². The Kier molecular flexibility index (Phi) is 4.50. The maximum absolute atomic E-state index is 11.6. The molecule has 0 saturated carbocycles. The quantitative estimate of drug-likeness (QED) is 0.353. The predicted octanol–water partition coefficient (Wildman–Crippen LogP) is -2.03. The molecule has 1 aliphatic heterocycles. The first kappa shape index (κ1) is 14.2. The lowest BCUT2D eigenvalue weighted by molar-refractivity contribution is -0.121. The number of urea groups is 1. The highest BCUT2D eigenvalue weighted by Gasteiger charge is 2.27. The van der Waals surface area contributed by atoms with Crippen LogP contribution in [0.3, 0.4) is 0 Å². The highest BCUT2D eigenvalue weighted by atomic mass is 32.2. The van der Waals surface area contributed by atoms with Crippen molar-refractivity contribution < 1.29 is 14.4 Å². The van der Waals surface area contributed by atoms with Crippen molar-refractivity contribution in [2.24, 2.45) is 7.05 Å². The predicted molar refractivity (Wildman–Crippen MR) is 67.6 cm³/mol. The lowest BCUT2D eigenvalue weighted by Crippen LogP contribution is -2.39. The Hall–Kier alpha value is -2.17. The van der Waals surface area contributed by atoms with Crippen molar-refractivity contribution in [3.8, 4) is 0 Å². The summed E-state index contributed by atoms with van der Waals surface area (Å²) in [5.41, 5.74) is 0. The van der Waals surface area contributed by atoms with Crippen LogP contribution in [0.5, 0.6) is 0 Å². The Morgan fingerprint density at radius 2 is 2.30 bits per heavy atom. The molecule has 20 heavy (non-hydrogen) atoms. The van der Waals surface area contributed by atoms with Gasteiger partial charge in [-0.1, -0.05) is 11.8 Å². The second-order valence-corrected chi connectivity index (χ2v) is 5.05. The van der Waals surface area contributed by atoms with Gasteiger partial charge in [-0.15, -0.1) is 5.10 Å². The molecule has 1 fully saturated rings. The number of carbonyl (C=O) groups excluding carboxylic acids is 3. The summed E-state index contributed by atoms with van der Waals surface area (Å²) < 4.78 is 1.53. The summed E-state index contributed by atoms with van der Waals surface area (Å²) in [7, 11) is 1.73. The van der Waals surface area contributed by atoms with Crippen LogP contribution in [0.25, 0.3) is 0 Å². The van der Waals surface area contributed by atoms with E-state index in [1.54, 1.807) is 7.05 Å². The van der Waals surface area contributed by atoms with E-state index in [1.165, 1.54) is 16.4 Å². The van der Waals surface area contributed by atoms with Crippen LogP contribution < -0.4 is 10.6 Å². The second kappa shape index (κ2) is 6.32. The Balaban J connectivity index is 1.64. The minimum absolute atomic E-state index is 0.0778. The number of rotatable bonds is 6. The standard InChI is InChI=1S/C9H13N7O3S/c1-15-9(12-13-14-15)20-3-2-10-6(17)4-16-5-7(18)11-8(16)19/h2-5H2,1H3,(H,10,17)(H,11,18,19). The van der Waals surface area contributed by atoms with Crippen molar-refractivity contribution in [2.45, 2.75) is 5.16 Å². The van der Waals surface area contributed by atoms with Crippen LogP contribution in [0, 0.1) is 0 Å². The molecule has 0 bridgehead atoms. The Morgan fingerprint density at radius 3 is 2.90 bits per heavy atom. The van der Waals surface area contributed by atoms with Gasteiger partial charge in [0.05, 0.1) is 0 Å². The molecule has 4 amide bonds. The maximum atomic E-state index is 11.6. The summed E-state index contributed by atoms with van der Waals surface area (Å²) in [6.07, 6.45) is 0. The number of nitrogens with zero attached hydrogens (tertiary/aromatic N) is 5. The number of amides is 4. The van der Waals surface area contributed by atoms with E-state index in [9.17, 15) is 14.4 Å². The van der Waals surface area contributed by atoms with Crippen LogP contribution >= 0.6 is 11.8 Å². The van der Waals surface area contributed by atoms with E-state index >= 15 is 0 Å². The molecule has 1 saturated heterocycles. The highest BCUT2D eigenvalue weighted by molar-refractivity contribution is 7.99. The summed E-state index contributed by atoms with van der Waals surface area (Å²) in [5, 5.41) is 16.4. The van der Waals surface area contributed by atoms with Gasteiger partial charge in [0.2, 0.25) is 17.0 Å². The lowest BCUT2D eigenvalue weighted by atomic mass is 10.5. The first-order valence-electron chi connectivity index (χ1n) is 5.77. The first-order chi connectivity index (χ1) is 9.56. The fourth-order valence-corrected chi connectivity index (χ4v) is 2.22. The third-order valence-corrected chi connectivity index (χ3v) is 3.45. The number of hydrogen-bond acceptors (Lipinski definition) is 7. The minimum atomic E-state index is -0.537. The summed E-state index contributed by atoms with van der Waals surface area (Å²) >= 11 is 1.40. The van der Waals surface area contributed by atoms with E-state index in [0.717, 1.165) is 4.90 Å². The van der Waals surface area contributed by atoms with Crippen molar-refractivity contribution in [2.75, 3.05) is 25.4 Å². The molecular weight excluding hydrogens is 286 g/mol. The first-order valence-corrected chi connectivity index (χ1v) is 6.75. The molecule has 0 aliphatic carbocycles. The molecule has 108 valence electrons. The van der Waals surface area contributed by atoms with Gasteiger partial charge < -0.3 is 10.2 Å². The fraction of sp³-hybridized carbons (Fsp3) is 0.556. The van der Waals surface area contributed by atoms with Crippen LogP contribution in [-0.4, -0.2) is 68.3 Å². The molecule has 0 unspecified atom stereocenters. The van der Waals surface area contributed by atoms with Crippen LogP contribution in [0.2, 0.25) is 0 Å². The van der Waals surface area contributed by atoms with Crippen molar-refractivity contribution in [1.29, 1.82) is 0 Å². The zero-order valence-electron chi connectivity index (χ0n) is 10.7. The molecule has 2 heterocycles. The topological polar surface area (TPSA) is 122 Å². The zero-order chi connectivity index (χ0) is 14.5. The highest BCUT2D eigenvalue weighted by Crippen LogP contribution is 2.10. The second-order valence-electron chi connectivity index (χ2n) is 3.99. The molecular formula is C9H13N7O3S. The van der Waals surface area contributed by atoms with Crippen LogP contribution in [0.1, 0.15) is 0 Å². The van der Waals surface area contributed by atoms with Crippen molar-refractivity contribution >= 4 is 29.6 Å². The Bertz CT molecular complexity index is 531. The largest absolute Gasteiger partial charge is 0.354 e. The summed E-state index contributed by atoms with van der Waals surface area (Å²) in [4.78, 5) is 34.9. The van der Waals surface area contributed by atoms with Crippen molar-refractivity contribution in [3.63, 3.8) is 0 Å². The molecule has 1 aliphatic rings. The number of nitrogens with one attached hydrogen (secondary N) is 2. The van der Waals surface area contributed by atoms with E-state index in [1.807, 2.05) is 0 Å². The number of tetrazole rings is 1. The maximum Gasteiger partial charge on any atom is 0.325 e. The fourth-order valence-electron chi connectivity index (χ4n) is 1.52. The van der Waals surface area contributed by atoms with E-state index in [2.05, 4.69) is 26.2 Å². The third kappa shape index (κ3) is 3.66. The van der Waals surface area contributed by atoms with Crippen molar-refractivity contribution in [3.05, 3.63) is 0 Å². The summed E-state index contributed by atoms with van der Waals surface area (Å²) in [6.45, 7) is 0.207. The molecule has 0 radical (unpaired) electrons. The average Bonchev–Trinajstić information content (AvgIpc) is 2.92. The van der Waals surface area contributed by atoms with Gasteiger partial charge in [0.1, 0.15) is 13.1 Å². The molecule has 10 nitrogen and oxygen atoms in total. The average molecular weight is 299 g/mol. The van der Waals surface area contributed by atoms with Gasteiger partial charge in [-0.3, -0.25) is 14.9 Å². The Morgan fingerprint density at radius 1 is 1.50 bits per heavy atom. The number of hydrogen-bond donors (Lipinski definition) is 2. The Labute approximate surface area is 118 Å². The van der Waals surface area contributed by atoms with E-state index in [0.29, 0.717) is 17.5 Å². The van der Waals surface area contributed by atoms with Crippen LogP contribution in [0.15, 0.2) is 5.16 Å².